The zero-order valence-electron chi connectivity index (χ0n) is 18.6. The molecule has 0 aliphatic rings. The molecule has 3 rings (SSSR count). The standard InChI is InChI=1S/C22H24ClN5O4S/c1-13(24-21(30)14-5-8-16(31-3)9-6-14)20-26-27-22(28(20)2)33-12-19(29)25-17-11-15(23)7-10-18(17)32-4/h5-11,13H,12H2,1-4H3,(H,24,30)(H,25,29)/t13-/m1/s1. The average molecular weight is 490 g/mol. The van der Waals surface area contributed by atoms with E-state index in [-0.39, 0.29) is 17.6 Å². The van der Waals surface area contributed by atoms with Crippen LogP contribution in [0.1, 0.15) is 29.1 Å². The molecule has 1 aromatic heterocycles. The Bertz CT molecular complexity index is 1140. The third-order valence-corrected chi connectivity index (χ3v) is 5.98. The van der Waals surface area contributed by atoms with E-state index in [0.717, 1.165) is 0 Å². The van der Waals surface area contributed by atoms with Crippen molar-refractivity contribution in [1.29, 1.82) is 0 Å². The van der Waals surface area contributed by atoms with Crippen molar-refractivity contribution in [2.24, 2.45) is 7.05 Å². The summed E-state index contributed by atoms with van der Waals surface area (Å²) in [6.45, 7) is 1.82. The number of nitrogens with zero attached hydrogens (tertiary/aromatic N) is 3. The minimum absolute atomic E-state index is 0.105. The maximum absolute atomic E-state index is 12.5. The highest BCUT2D eigenvalue weighted by Crippen LogP contribution is 2.28. The van der Waals surface area contributed by atoms with E-state index in [0.29, 0.717) is 38.8 Å². The fourth-order valence-corrected chi connectivity index (χ4v) is 3.90. The number of rotatable bonds is 9. The van der Waals surface area contributed by atoms with Crippen molar-refractivity contribution in [3.63, 3.8) is 0 Å². The predicted octanol–water partition coefficient (Wildman–Crippen LogP) is 3.71. The van der Waals surface area contributed by atoms with Gasteiger partial charge in [0.25, 0.3) is 5.91 Å². The van der Waals surface area contributed by atoms with Gasteiger partial charge in [0.2, 0.25) is 5.91 Å². The number of aromatic nitrogens is 3. The second-order valence-corrected chi connectivity index (χ2v) is 8.38. The van der Waals surface area contributed by atoms with Gasteiger partial charge in [-0.1, -0.05) is 23.4 Å². The molecule has 1 atom stereocenters. The zero-order valence-corrected chi connectivity index (χ0v) is 20.2. The van der Waals surface area contributed by atoms with Gasteiger partial charge in [0.15, 0.2) is 11.0 Å². The molecule has 0 saturated carbocycles. The van der Waals surface area contributed by atoms with Crippen LogP contribution >= 0.6 is 23.4 Å². The highest BCUT2D eigenvalue weighted by molar-refractivity contribution is 7.99. The average Bonchev–Trinajstić information content (AvgIpc) is 3.18. The summed E-state index contributed by atoms with van der Waals surface area (Å²) in [6.07, 6.45) is 0. The number of carbonyl (C=O) groups is 2. The molecule has 0 fully saturated rings. The Labute approximate surface area is 200 Å². The van der Waals surface area contributed by atoms with Crippen molar-refractivity contribution in [2.45, 2.75) is 18.1 Å². The number of ether oxygens (including phenoxy) is 2. The van der Waals surface area contributed by atoms with Crippen molar-refractivity contribution < 1.29 is 19.1 Å². The SMILES string of the molecule is COc1ccc(C(=O)N[C@H](C)c2nnc(SCC(=O)Nc3cc(Cl)ccc3OC)n2C)cc1. The van der Waals surface area contributed by atoms with E-state index in [1.54, 1.807) is 61.2 Å². The first-order valence-electron chi connectivity index (χ1n) is 9.92. The van der Waals surface area contributed by atoms with Crippen LogP contribution in [0.25, 0.3) is 0 Å². The Morgan fingerprint density at radius 3 is 2.52 bits per heavy atom. The molecule has 0 aliphatic heterocycles. The Hall–Kier alpha value is -3.24. The van der Waals surface area contributed by atoms with E-state index in [9.17, 15) is 9.59 Å². The summed E-state index contributed by atoms with van der Waals surface area (Å²) in [6, 6.07) is 11.4. The maximum Gasteiger partial charge on any atom is 0.251 e. The second kappa shape index (κ2) is 11.1. The monoisotopic (exact) mass is 489 g/mol. The van der Waals surface area contributed by atoms with Crippen LogP contribution in [0.2, 0.25) is 5.02 Å². The van der Waals surface area contributed by atoms with Crippen LogP contribution in [0.3, 0.4) is 0 Å². The van der Waals surface area contributed by atoms with Crippen molar-refractivity contribution in [3.8, 4) is 11.5 Å². The van der Waals surface area contributed by atoms with Gasteiger partial charge in [0, 0.05) is 17.6 Å². The van der Waals surface area contributed by atoms with E-state index >= 15 is 0 Å². The molecule has 0 unspecified atom stereocenters. The topological polar surface area (TPSA) is 107 Å². The van der Waals surface area contributed by atoms with Gasteiger partial charge in [0.05, 0.1) is 31.7 Å². The van der Waals surface area contributed by atoms with Crippen LogP contribution in [-0.4, -0.2) is 46.6 Å². The largest absolute Gasteiger partial charge is 0.497 e. The molecule has 2 N–H and O–H groups in total. The van der Waals surface area contributed by atoms with Crippen LogP contribution in [0.4, 0.5) is 5.69 Å². The molecule has 2 amide bonds. The molecule has 3 aromatic rings. The molecular weight excluding hydrogens is 466 g/mol. The van der Waals surface area contributed by atoms with Gasteiger partial charge in [0.1, 0.15) is 11.5 Å². The normalized spacial score (nSPS) is 11.5. The number of methoxy groups -OCH3 is 2. The maximum atomic E-state index is 12.5. The second-order valence-electron chi connectivity index (χ2n) is 7.00. The third-order valence-electron chi connectivity index (χ3n) is 4.72. The van der Waals surface area contributed by atoms with E-state index in [1.807, 2.05) is 6.92 Å². The molecule has 9 nitrogen and oxygen atoms in total. The number of anilines is 1. The first kappa shape index (κ1) is 24.4. The van der Waals surface area contributed by atoms with Crippen LogP contribution < -0.4 is 20.1 Å². The molecule has 0 aliphatic carbocycles. The van der Waals surface area contributed by atoms with E-state index in [2.05, 4.69) is 20.8 Å². The number of thioether (sulfide) groups is 1. The number of hydrogen-bond acceptors (Lipinski definition) is 7. The molecule has 2 aromatic carbocycles. The van der Waals surface area contributed by atoms with Crippen LogP contribution in [0.15, 0.2) is 47.6 Å². The van der Waals surface area contributed by atoms with Gasteiger partial charge in [-0.05, 0) is 49.4 Å². The first-order valence-corrected chi connectivity index (χ1v) is 11.3. The number of hydrogen-bond donors (Lipinski definition) is 2. The molecule has 1 heterocycles. The molecular formula is C22H24ClN5O4S. The summed E-state index contributed by atoms with van der Waals surface area (Å²) in [5.74, 6) is 1.38. The van der Waals surface area contributed by atoms with Crippen molar-refractivity contribution in [1.82, 2.24) is 20.1 Å². The molecule has 174 valence electrons. The first-order chi connectivity index (χ1) is 15.8. The fourth-order valence-electron chi connectivity index (χ4n) is 3.01. The smallest absolute Gasteiger partial charge is 0.251 e. The van der Waals surface area contributed by atoms with E-state index < -0.39 is 6.04 Å². The van der Waals surface area contributed by atoms with Crippen molar-refractivity contribution in [3.05, 3.63) is 58.9 Å². The fraction of sp³-hybridized carbons (Fsp3) is 0.273. The Morgan fingerprint density at radius 2 is 1.85 bits per heavy atom. The molecule has 0 spiro atoms. The highest BCUT2D eigenvalue weighted by atomic mass is 35.5. The van der Waals surface area contributed by atoms with Crippen LogP contribution in [0.5, 0.6) is 11.5 Å². The molecule has 33 heavy (non-hydrogen) atoms. The van der Waals surface area contributed by atoms with Crippen LogP contribution in [0, 0.1) is 0 Å². The van der Waals surface area contributed by atoms with Gasteiger partial charge in [-0.2, -0.15) is 0 Å². The van der Waals surface area contributed by atoms with Crippen molar-refractivity contribution >= 4 is 40.9 Å². The quantitative estimate of drug-likeness (QED) is 0.441. The summed E-state index contributed by atoms with van der Waals surface area (Å²) in [5.41, 5.74) is 0.997. The lowest BCUT2D eigenvalue weighted by Crippen LogP contribution is -2.28. The van der Waals surface area contributed by atoms with E-state index in [4.69, 9.17) is 21.1 Å². The Morgan fingerprint density at radius 1 is 1.12 bits per heavy atom. The molecule has 11 heteroatoms. The lowest BCUT2D eigenvalue weighted by Gasteiger charge is -2.14. The summed E-state index contributed by atoms with van der Waals surface area (Å²) in [4.78, 5) is 24.9. The van der Waals surface area contributed by atoms with Crippen molar-refractivity contribution in [2.75, 3.05) is 25.3 Å². The predicted molar refractivity (Wildman–Crippen MR) is 127 cm³/mol. The highest BCUT2D eigenvalue weighted by Gasteiger charge is 2.19. The molecule has 0 saturated heterocycles. The molecule has 0 radical (unpaired) electrons. The zero-order chi connectivity index (χ0) is 24.0. The Balaban J connectivity index is 1.59. The van der Waals surface area contributed by atoms with E-state index in [1.165, 1.54) is 18.9 Å². The number of amides is 2. The van der Waals surface area contributed by atoms with Gasteiger partial charge in [-0.3, -0.25) is 9.59 Å². The summed E-state index contributed by atoms with van der Waals surface area (Å²) in [7, 11) is 4.87. The Kier molecular flexibility index (Phi) is 8.18. The number of nitrogens with one attached hydrogen (secondary N) is 2. The lowest BCUT2D eigenvalue weighted by molar-refractivity contribution is -0.113. The van der Waals surface area contributed by atoms with Gasteiger partial charge in [-0.15, -0.1) is 10.2 Å². The minimum atomic E-state index is -0.393. The summed E-state index contributed by atoms with van der Waals surface area (Å²) in [5, 5.41) is 15.0. The van der Waals surface area contributed by atoms with Gasteiger partial charge < -0.3 is 24.7 Å². The van der Waals surface area contributed by atoms with Gasteiger partial charge in [-0.25, -0.2) is 0 Å². The summed E-state index contributed by atoms with van der Waals surface area (Å²) >= 11 is 7.23. The minimum Gasteiger partial charge on any atom is -0.497 e. The number of benzene rings is 2. The third kappa shape index (κ3) is 6.17. The number of halogens is 1. The lowest BCUT2D eigenvalue weighted by atomic mass is 10.2. The summed E-state index contributed by atoms with van der Waals surface area (Å²) < 4.78 is 12.1. The van der Waals surface area contributed by atoms with Gasteiger partial charge >= 0.3 is 0 Å². The number of carbonyl (C=O) groups excluding carboxylic acids is 2. The van der Waals surface area contributed by atoms with Crippen LogP contribution in [-0.2, 0) is 11.8 Å². The molecule has 0 bridgehead atoms.